The Morgan fingerprint density at radius 2 is 1.79 bits per heavy atom. The van der Waals surface area contributed by atoms with Gasteiger partial charge in [0.25, 0.3) is 0 Å². The van der Waals surface area contributed by atoms with Crippen LogP contribution >= 0.6 is 0 Å². The number of rotatable bonds is 6. The molecule has 29 heavy (non-hydrogen) atoms. The lowest BCUT2D eigenvalue weighted by Gasteiger charge is -2.51. The lowest BCUT2D eigenvalue weighted by atomic mass is 9.68. The smallest absolute Gasteiger partial charge is 0.306 e. The summed E-state index contributed by atoms with van der Waals surface area (Å²) in [6.45, 7) is 1.34. The van der Waals surface area contributed by atoms with Crippen LogP contribution in [0.5, 0.6) is 11.5 Å². The molecule has 0 unspecified atom stereocenters. The molecule has 1 N–H and O–H groups in total. The minimum Gasteiger partial charge on any atom is -0.493 e. The first kappa shape index (κ1) is 21.4. The molecule has 0 bridgehead atoms. The average Bonchev–Trinajstić information content (AvgIpc) is 2.71. The van der Waals surface area contributed by atoms with Crippen molar-refractivity contribution in [3.63, 3.8) is 0 Å². The molecule has 1 heterocycles. The number of carboxylic acids is 1. The van der Waals surface area contributed by atoms with Crippen molar-refractivity contribution in [3.8, 4) is 11.5 Å². The number of carboxylic acid groups (broad SMARTS) is 1. The molecule has 1 spiro atoms. The Kier molecular flexibility index (Phi) is 6.36. The van der Waals surface area contributed by atoms with E-state index in [4.69, 9.17) is 9.47 Å². The number of carbonyl (C=O) groups is 2. The van der Waals surface area contributed by atoms with Gasteiger partial charge in [0, 0.05) is 19.5 Å². The first-order valence-electron chi connectivity index (χ1n) is 10.3. The fourth-order valence-electron chi connectivity index (χ4n) is 4.85. The number of amides is 1. The average molecular weight is 405 g/mol. The van der Waals surface area contributed by atoms with Crippen molar-refractivity contribution in [2.24, 2.45) is 5.92 Å². The highest BCUT2D eigenvalue weighted by Gasteiger charge is 2.48. The number of aliphatic carboxylic acids is 1. The van der Waals surface area contributed by atoms with Crippen molar-refractivity contribution in [3.05, 3.63) is 23.3 Å². The third-order valence-corrected chi connectivity index (χ3v) is 6.47. The van der Waals surface area contributed by atoms with Crippen LogP contribution in [-0.4, -0.2) is 68.2 Å². The Morgan fingerprint density at radius 3 is 2.34 bits per heavy atom. The van der Waals surface area contributed by atoms with E-state index in [2.05, 4.69) is 0 Å². The maximum Gasteiger partial charge on any atom is 0.306 e. The molecule has 0 radical (unpaired) electrons. The summed E-state index contributed by atoms with van der Waals surface area (Å²) in [5.74, 6) is 0.382. The highest BCUT2D eigenvalue weighted by atomic mass is 16.5. The fraction of sp³-hybridized carbons (Fsp3) is 0.636. The van der Waals surface area contributed by atoms with E-state index in [0.717, 1.165) is 17.5 Å². The van der Waals surface area contributed by atoms with Crippen molar-refractivity contribution in [1.29, 1.82) is 0 Å². The van der Waals surface area contributed by atoms with Gasteiger partial charge in [0.15, 0.2) is 11.5 Å². The van der Waals surface area contributed by atoms with E-state index >= 15 is 0 Å². The van der Waals surface area contributed by atoms with Crippen LogP contribution in [0.1, 0.15) is 43.2 Å². The quantitative estimate of drug-likeness (QED) is 0.785. The maximum atomic E-state index is 13.2. The third kappa shape index (κ3) is 4.06. The number of methoxy groups -OCH3 is 2. The second kappa shape index (κ2) is 8.61. The standard InChI is InChI=1S/C22H32N2O5/c1-23(2)11-8-20(25)24-12-7-16-13-18(28-3)19(29-4)14-17(16)22(24)9-5-15(6-10-22)21(26)27/h13-15H,5-12H2,1-4H3,(H,26,27)/t15-,22-. The summed E-state index contributed by atoms with van der Waals surface area (Å²) in [6, 6.07) is 4.02. The summed E-state index contributed by atoms with van der Waals surface area (Å²) in [4.78, 5) is 28.8. The number of nitrogens with zero attached hydrogens (tertiary/aromatic N) is 2. The van der Waals surface area contributed by atoms with Gasteiger partial charge in [-0.3, -0.25) is 9.59 Å². The van der Waals surface area contributed by atoms with E-state index in [1.807, 2.05) is 36.0 Å². The normalized spacial score (nSPS) is 23.8. The van der Waals surface area contributed by atoms with Gasteiger partial charge in [-0.25, -0.2) is 0 Å². The summed E-state index contributed by atoms with van der Waals surface area (Å²) in [6.07, 6.45) is 3.66. The number of carbonyl (C=O) groups excluding carboxylic acids is 1. The van der Waals surface area contributed by atoms with Crippen LogP contribution in [0, 0.1) is 5.92 Å². The lowest BCUT2D eigenvalue weighted by Crippen LogP contribution is -2.55. The fourth-order valence-corrected chi connectivity index (χ4v) is 4.85. The SMILES string of the molecule is COc1cc2c(cc1OC)[C@]1(CC[C@@H](C(=O)O)CC1)N(C(=O)CCN(C)C)CC2. The van der Waals surface area contributed by atoms with E-state index in [9.17, 15) is 14.7 Å². The minimum absolute atomic E-state index is 0.132. The summed E-state index contributed by atoms with van der Waals surface area (Å²) >= 11 is 0. The topological polar surface area (TPSA) is 79.3 Å². The molecule has 7 heteroatoms. The van der Waals surface area contributed by atoms with Crippen LogP contribution in [0.4, 0.5) is 0 Å². The lowest BCUT2D eigenvalue weighted by molar-refractivity contribution is -0.147. The predicted octanol–water partition coefficient (Wildman–Crippen LogP) is 2.51. The van der Waals surface area contributed by atoms with E-state index in [0.29, 0.717) is 56.7 Å². The minimum atomic E-state index is -0.742. The molecule has 3 rings (SSSR count). The highest BCUT2D eigenvalue weighted by molar-refractivity contribution is 5.78. The molecular weight excluding hydrogens is 372 g/mol. The van der Waals surface area contributed by atoms with Crippen molar-refractivity contribution in [2.45, 2.75) is 44.1 Å². The van der Waals surface area contributed by atoms with Crippen LogP contribution in [0.25, 0.3) is 0 Å². The molecule has 1 saturated carbocycles. The number of benzene rings is 1. The van der Waals surface area contributed by atoms with Gasteiger partial charge in [-0.2, -0.15) is 0 Å². The second-order valence-electron chi connectivity index (χ2n) is 8.36. The molecule has 160 valence electrons. The Bertz CT molecular complexity index is 769. The Balaban J connectivity index is 2.02. The number of fused-ring (bicyclic) bond motifs is 2. The molecule has 1 aliphatic heterocycles. The molecule has 1 fully saturated rings. The number of hydrogen-bond acceptors (Lipinski definition) is 5. The van der Waals surface area contributed by atoms with Crippen LogP contribution in [-0.2, 0) is 21.5 Å². The van der Waals surface area contributed by atoms with Crippen molar-refractivity contribution < 1.29 is 24.2 Å². The Morgan fingerprint density at radius 1 is 1.17 bits per heavy atom. The first-order valence-corrected chi connectivity index (χ1v) is 10.3. The van der Waals surface area contributed by atoms with Crippen molar-refractivity contribution >= 4 is 11.9 Å². The zero-order valence-electron chi connectivity index (χ0n) is 17.9. The van der Waals surface area contributed by atoms with Gasteiger partial charge in [0.2, 0.25) is 5.91 Å². The second-order valence-corrected chi connectivity index (χ2v) is 8.36. The predicted molar refractivity (Wildman–Crippen MR) is 109 cm³/mol. The molecule has 1 aliphatic carbocycles. The molecule has 1 aromatic rings. The molecule has 0 atom stereocenters. The van der Waals surface area contributed by atoms with Gasteiger partial charge >= 0.3 is 5.97 Å². The molecule has 0 aromatic heterocycles. The summed E-state index contributed by atoms with van der Waals surface area (Å²) in [7, 11) is 7.16. The van der Waals surface area contributed by atoms with Crippen LogP contribution in [0.15, 0.2) is 12.1 Å². The highest BCUT2D eigenvalue weighted by Crippen LogP contribution is 2.50. The van der Waals surface area contributed by atoms with Crippen molar-refractivity contribution in [2.75, 3.05) is 41.4 Å². The molecule has 0 saturated heterocycles. The molecule has 7 nitrogen and oxygen atoms in total. The maximum absolute atomic E-state index is 13.2. The van der Waals surface area contributed by atoms with E-state index in [1.165, 1.54) is 0 Å². The number of ether oxygens (including phenoxy) is 2. The van der Waals surface area contributed by atoms with Gasteiger partial charge in [-0.05, 0) is 69.5 Å². The van der Waals surface area contributed by atoms with E-state index < -0.39 is 11.5 Å². The Labute approximate surface area is 172 Å². The van der Waals surface area contributed by atoms with E-state index in [-0.39, 0.29) is 11.8 Å². The van der Waals surface area contributed by atoms with Gasteiger partial charge in [-0.15, -0.1) is 0 Å². The molecule has 2 aliphatic rings. The first-order chi connectivity index (χ1) is 13.8. The van der Waals surface area contributed by atoms with Gasteiger partial charge < -0.3 is 24.4 Å². The summed E-state index contributed by atoms with van der Waals surface area (Å²) < 4.78 is 11.0. The summed E-state index contributed by atoms with van der Waals surface area (Å²) in [5, 5.41) is 9.47. The largest absolute Gasteiger partial charge is 0.493 e. The van der Waals surface area contributed by atoms with Gasteiger partial charge in [0.05, 0.1) is 25.7 Å². The molecule has 1 aromatic carbocycles. The van der Waals surface area contributed by atoms with Gasteiger partial charge in [0.1, 0.15) is 0 Å². The zero-order chi connectivity index (χ0) is 21.2. The third-order valence-electron chi connectivity index (χ3n) is 6.47. The van der Waals surface area contributed by atoms with Crippen molar-refractivity contribution in [1.82, 2.24) is 9.80 Å². The molecule has 1 amide bonds. The Hall–Kier alpha value is -2.28. The zero-order valence-corrected chi connectivity index (χ0v) is 17.9. The van der Waals surface area contributed by atoms with Gasteiger partial charge in [-0.1, -0.05) is 0 Å². The molecular formula is C22H32N2O5. The van der Waals surface area contributed by atoms with Crippen LogP contribution < -0.4 is 9.47 Å². The number of hydrogen-bond donors (Lipinski definition) is 1. The van der Waals surface area contributed by atoms with Crippen LogP contribution in [0.2, 0.25) is 0 Å². The summed E-state index contributed by atoms with van der Waals surface area (Å²) in [5.41, 5.74) is 1.78. The van der Waals surface area contributed by atoms with Crippen LogP contribution in [0.3, 0.4) is 0 Å². The monoisotopic (exact) mass is 404 g/mol. The van der Waals surface area contributed by atoms with E-state index in [1.54, 1.807) is 14.2 Å².